The van der Waals surface area contributed by atoms with Gasteiger partial charge in [-0.15, -0.1) is 0 Å². The quantitative estimate of drug-likeness (QED) is 0.938. The summed E-state index contributed by atoms with van der Waals surface area (Å²) in [6.07, 6.45) is -0.579. The molecule has 0 aliphatic carbocycles. The van der Waals surface area contributed by atoms with Gasteiger partial charge in [-0.1, -0.05) is 18.2 Å². The molecule has 0 bridgehead atoms. The highest BCUT2D eigenvalue weighted by Gasteiger charge is 2.14. The maximum absolute atomic E-state index is 12.0. The molecule has 6 nitrogen and oxygen atoms in total. The molecule has 0 aliphatic heterocycles. The average molecular weight is 306 g/mol. The molecule has 7 heteroatoms. The van der Waals surface area contributed by atoms with E-state index in [1.165, 1.54) is 36.2 Å². The molecule has 0 saturated heterocycles. The smallest absolute Gasteiger partial charge is 0.410 e. The maximum atomic E-state index is 12.0. The van der Waals surface area contributed by atoms with Crippen molar-refractivity contribution < 1.29 is 17.9 Å². The van der Waals surface area contributed by atoms with Crippen molar-refractivity contribution in [1.29, 1.82) is 0 Å². The number of ether oxygens (including phenoxy) is 1. The van der Waals surface area contributed by atoms with Gasteiger partial charge < -0.3 is 4.74 Å². The van der Waals surface area contributed by atoms with E-state index in [4.69, 9.17) is 9.88 Å². The van der Waals surface area contributed by atoms with Gasteiger partial charge in [-0.25, -0.2) is 18.4 Å². The molecule has 0 unspecified atom stereocenters. The number of sulfonamides is 1. The zero-order chi connectivity index (χ0) is 15.5. The van der Waals surface area contributed by atoms with Gasteiger partial charge >= 0.3 is 6.09 Å². The molecule has 2 aromatic rings. The Kier molecular flexibility index (Phi) is 4.25. The number of hydrogen-bond donors (Lipinski definition) is 1. The number of rotatable bonds is 3. The number of para-hydroxylation sites is 1. The monoisotopic (exact) mass is 306 g/mol. The van der Waals surface area contributed by atoms with E-state index in [0.717, 1.165) is 0 Å². The number of amides is 1. The minimum atomic E-state index is -3.75. The lowest BCUT2D eigenvalue weighted by molar-refractivity contribution is 0.209. The molecular formula is C14H14N2O4S. The molecule has 0 aliphatic rings. The van der Waals surface area contributed by atoms with Crippen LogP contribution in [0.1, 0.15) is 0 Å². The predicted molar refractivity (Wildman–Crippen MR) is 78.7 cm³/mol. The van der Waals surface area contributed by atoms with E-state index in [2.05, 4.69) is 0 Å². The second-order valence-corrected chi connectivity index (χ2v) is 5.84. The summed E-state index contributed by atoms with van der Waals surface area (Å²) in [7, 11) is -2.22. The SMILES string of the molecule is CN(C(=O)Oc1ccccc1)c1ccc(S(N)(=O)=O)cc1. The van der Waals surface area contributed by atoms with Crippen molar-refractivity contribution in [2.24, 2.45) is 5.14 Å². The third-order valence-electron chi connectivity index (χ3n) is 2.77. The second-order valence-electron chi connectivity index (χ2n) is 4.28. The van der Waals surface area contributed by atoms with Gasteiger partial charge in [0.1, 0.15) is 5.75 Å². The lowest BCUT2D eigenvalue weighted by Crippen LogP contribution is -2.29. The molecule has 2 N–H and O–H groups in total. The first-order valence-electron chi connectivity index (χ1n) is 6.01. The molecule has 0 radical (unpaired) electrons. The van der Waals surface area contributed by atoms with Crippen LogP contribution in [0, 0.1) is 0 Å². The van der Waals surface area contributed by atoms with E-state index in [1.54, 1.807) is 24.3 Å². The summed E-state index contributed by atoms with van der Waals surface area (Å²) in [6.45, 7) is 0. The first-order valence-corrected chi connectivity index (χ1v) is 7.56. The van der Waals surface area contributed by atoms with E-state index in [0.29, 0.717) is 11.4 Å². The van der Waals surface area contributed by atoms with Crippen molar-refractivity contribution in [3.8, 4) is 5.75 Å². The van der Waals surface area contributed by atoms with Crippen LogP contribution in [0.4, 0.5) is 10.5 Å². The number of anilines is 1. The van der Waals surface area contributed by atoms with E-state index in [-0.39, 0.29) is 4.90 Å². The van der Waals surface area contributed by atoms with Crippen molar-refractivity contribution >= 4 is 21.8 Å². The van der Waals surface area contributed by atoms with Crippen molar-refractivity contribution in [1.82, 2.24) is 0 Å². The number of primary sulfonamides is 1. The summed E-state index contributed by atoms with van der Waals surface area (Å²) in [4.78, 5) is 13.2. The van der Waals surface area contributed by atoms with Crippen LogP contribution in [0.15, 0.2) is 59.5 Å². The van der Waals surface area contributed by atoms with Gasteiger partial charge in [0.25, 0.3) is 0 Å². The Labute approximate surface area is 122 Å². The third-order valence-corrected chi connectivity index (χ3v) is 3.70. The summed E-state index contributed by atoms with van der Waals surface area (Å²) in [5.41, 5.74) is 0.489. The lowest BCUT2D eigenvalue weighted by atomic mass is 10.3. The average Bonchev–Trinajstić information content (AvgIpc) is 2.46. The molecule has 2 aromatic carbocycles. The Balaban J connectivity index is 2.12. The van der Waals surface area contributed by atoms with Crippen LogP contribution in [-0.2, 0) is 10.0 Å². The van der Waals surface area contributed by atoms with E-state index >= 15 is 0 Å². The molecule has 0 fully saturated rings. The van der Waals surface area contributed by atoms with E-state index < -0.39 is 16.1 Å². The molecule has 1 amide bonds. The first kappa shape index (κ1) is 15.0. The molecule has 110 valence electrons. The Morgan fingerprint density at radius 3 is 2.14 bits per heavy atom. The second kappa shape index (κ2) is 5.94. The summed E-state index contributed by atoms with van der Waals surface area (Å²) >= 11 is 0. The Bertz CT molecular complexity index is 727. The fraction of sp³-hybridized carbons (Fsp3) is 0.0714. The highest BCUT2D eigenvalue weighted by atomic mass is 32.2. The summed E-state index contributed by atoms with van der Waals surface area (Å²) in [5.74, 6) is 0.426. The number of hydrogen-bond acceptors (Lipinski definition) is 4. The number of carbonyl (C=O) groups excluding carboxylic acids is 1. The summed E-state index contributed by atoms with van der Waals surface area (Å²) in [6, 6.07) is 14.3. The van der Waals surface area contributed by atoms with E-state index in [9.17, 15) is 13.2 Å². The molecule has 0 heterocycles. The fourth-order valence-corrected chi connectivity index (χ4v) is 2.14. The molecule has 0 saturated carbocycles. The summed E-state index contributed by atoms with van der Waals surface area (Å²) in [5, 5.41) is 5.01. The molecule has 0 atom stereocenters. The minimum absolute atomic E-state index is 0.0175. The molecular weight excluding hydrogens is 292 g/mol. The van der Waals surface area contributed by atoms with Crippen LogP contribution in [0.3, 0.4) is 0 Å². The van der Waals surface area contributed by atoms with Crippen LogP contribution in [-0.4, -0.2) is 21.6 Å². The van der Waals surface area contributed by atoms with Gasteiger partial charge in [-0.2, -0.15) is 0 Å². The minimum Gasteiger partial charge on any atom is -0.410 e. The van der Waals surface area contributed by atoms with Crippen LogP contribution in [0.5, 0.6) is 5.75 Å². The normalized spacial score (nSPS) is 11.0. The van der Waals surface area contributed by atoms with Crippen molar-refractivity contribution in [2.45, 2.75) is 4.90 Å². The van der Waals surface area contributed by atoms with Gasteiger partial charge in [0.05, 0.1) is 4.90 Å². The zero-order valence-corrected chi connectivity index (χ0v) is 12.1. The van der Waals surface area contributed by atoms with Crippen molar-refractivity contribution in [2.75, 3.05) is 11.9 Å². The van der Waals surface area contributed by atoms with Crippen LogP contribution >= 0.6 is 0 Å². The van der Waals surface area contributed by atoms with Crippen LogP contribution in [0.2, 0.25) is 0 Å². The zero-order valence-electron chi connectivity index (χ0n) is 11.3. The van der Waals surface area contributed by atoms with Gasteiger partial charge in [0.2, 0.25) is 10.0 Å². The van der Waals surface area contributed by atoms with Gasteiger partial charge in [-0.05, 0) is 36.4 Å². The highest BCUT2D eigenvalue weighted by molar-refractivity contribution is 7.89. The van der Waals surface area contributed by atoms with Gasteiger partial charge in [-0.3, -0.25) is 4.90 Å². The molecule has 0 aromatic heterocycles. The van der Waals surface area contributed by atoms with Gasteiger partial charge in [0, 0.05) is 12.7 Å². The topological polar surface area (TPSA) is 89.7 Å². The first-order chi connectivity index (χ1) is 9.88. The van der Waals surface area contributed by atoms with Crippen molar-refractivity contribution in [3.05, 3.63) is 54.6 Å². The van der Waals surface area contributed by atoms with Crippen LogP contribution in [0.25, 0.3) is 0 Å². The Morgan fingerprint density at radius 2 is 1.62 bits per heavy atom. The largest absolute Gasteiger partial charge is 0.419 e. The molecule has 0 spiro atoms. The molecule has 21 heavy (non-hydrogen) atoms. The number of benzene rings is 2. The van der Waals surface area contributed by atoms with Crippen LogP contribution < -0.4 is 14.8 Å². The highest BCUT2D eigenvalue weighted by Crippen LogP contribution is 2.18. The number of nitrogens with two attached hydrogens (primary N) is 1. The predicted octanol–water partition coefficient (Wildman–Crippen LogP) is 1.97. The fourth-order valence-electron chi connectivity index (χ4n) is 1.62. The number of nitrogens with zero attached hydrogens (tertiary/aromatic N) is 1. The third kappa shape index (κ3) is 3.80. The van der Waals surface area contributed by atoms with Crippen molar-refractivity contribution in [3.63, 3.8) is 0 Å². The standard InChI is InChI=1S/C14H14N2O4S/c1-16(14(17)20-12-5-3-2-4-6-12)11-7-9-13(10-8-11)21(15,18)19/h2-10H,1H3,(H2,15,18,19). The Morgan fingerprint density at radius 1 is 1.05 bits per heavy atom. The Hall–Kier alpha value is -2.38. The van der Waals surface area contributed by atoms with E-state index in [1.807, 2.05) is 6.07 Å². The molecule has 2 rings (SSSR count). The summed E-state index contributed by atoms with van der Waals surface area (Å²) < 4.78 is 27.5. The maximum Gasteiger partial charge on any atom is 0.419 e. The lowest BCUT2D eigenvalue weighted by Gasteiger charge is -2.17. The van der Waals surface area contributed by atoms with Gasteiger partial charge in [0.15, 0.2) is 0 Å². The number of carbonyl (C=O) groups is 1.